The molecule has 1 aliphatic rings. The molecule has 0 radical (unpaired) electrons. The number of carbonyl (C=O) groups is 1. The van der Waals surface area contributed by atoms with Gasteiger partial charge in [0, 0.05) is 12.3 Å². The number of nitrogens with one attached hydrogen (secondary N) is 2. The lowest BCUT2D eigenvalue weighted by Gasteiger charge is -2.20. The van der Waals surface area contributed by atoms with E-state index in [0.29, 0.717) is 0 Å². The Kier molecular flexibility index (Phi) is 6.85. The molecule has 0 bridgehead atoms. The van der Waals surface area contributed by atoms with Crippen molar-refractivity contribution in [1.82, 2.24) is 10.6 Å². The van der Waals surface area contributed by atoms with Gasteiger partial charge in [-0.15, -0.1) is 0 Å². The summed E-state index contributed by atoms with van der Waals surface area (Å²) in [5.41, 5.74) is -4.22. The van der Waals surface area contributed by atoms with Crippen LogP contribution in [0.4, 0.5) is 13.2 Å². The van der Waals surface area contributed by atoms with Crippen LogP contribution in [-0.4, -0.2) is 36.3 Å². The van der Waals surface area contributed by atoms with E-state index in [1.54, 1.807) is 0 Å². The van der Waals surface area contributed by atoms with Gasteiger partial charge in [-0.3, -0.25) is 4.79 Å². The van der Waals surface area contributed by atoms with E-state index >= 15 is 0 Å². The van der Waals surface area contributed by atoms with E-state index < -0.39 is 5.51 Å². The quantitative estimate of drug-likeness (QED) is 0.778. The summed E-state index contributed by atoms with van der Waals surface area (Å²) < 4.78 is 35.6. The molecular formula is C11H19F3N2OS. The van der Waals surface area contributed by atoms with E-state index in [2.05, 4.69) is 10.6 Å². The summed E-state index contributed by atoms with van der Waals surface area (Å²) in [5.74, 6) is -0.318. The van der Waals surface area contributed by atoms with Crippen molar-refractivity contribution < 1.29 is 18.0 Å². The number of hydrogen-bond donors (Lipinski definition) is 2. The molecule has 0 saturated carbocycles. The molecule has 0 spiro atoms. The third kappa shape index (κ3) is 7.10. The fourth-order valence-corrected chi connectivity index (χ4v) is 2.33. The zero-order chi connectivity index (χ0) is 13.4. The maximum absolute atomic E-state index is 11.9. The van der Waals surface area contributed by atoms with Crippen LogP contribution >= 0.6 is 11.8 Å². The zero-order valence-corrected chi connectivity index (χ0v) is 11.0. The second kappa shape index (κ2) is 7.89. The second-order valence-corrected chi connectivity index (χ2v) is 5.45. The molecule has 18 heavy (non-hydrogen) atoms. The monoisotopic (exact) mass is 284 g/mol. The largest absolute Gasteiger partial charge is 0.441 e. The molecule has 1 rings (SSSR count). The Labute approximate surface area is 109 Å². The molecule has 1 atom stereocenters. The Morgan fingerprint density at radius 3 is 2.72 bits per heavy atom. The van der Waals surface area contributed by atoms with Gasteiger partial charge in [-0.05, 0) is 31.1 Å². The first-order valence-electron chi connectivity index (χ1n) is 6.21. The number of hydrogen-bond acceptors (Lipinski definition) is 3. The standard InChI is InChI=1S/C11H19F3N2OS/c12-11(13,14)18-8-7-16-10(17)9-5-3-1-2-4-6-15-9/h9,15H,1-8H2,(H,16,17). The number of carbonyl (C=O) groups excluding carboxylic acids is 1. The number of halogens is 3. The number of alkyl halides is 3. The smallest absolute Gasteiger partial charge is 0.354 e. The minimum Gasteiger partial charge on any atom is -0.354 e. The van der Waals surface area contributed by atoms with Crippen LogP contribution in [0.15, 0.2) is 0 Å². The van der Waals surface area contributed by atoms with E-state index in [-0.39, 0.29) is 36.0 Å². The zero-order valence-electron chi connectivity index (χ0n) is 10.2. The van der Waals surface area contributed by atoms with Gasteiger partial charge in [0.15, 0.2) is 0 Å². The van der Waals surface area contributed by atoms with Crippen molar-refractivity contribution in [1.29, 1.82) is 0 Å². The Balaban J connectivity index is 2.18. The maximum Gasteiger partial charge on any atom is 0.441 e. The Bertz CT molecular complexity index is 253. The van der Waals surface area contributed by atoms with E-state index in [0.717, 1.165) is 32.2 Å². The van der Waals surface area contributed by atoms with E-state index in [9.17, 15) is 18.0 Å². The molecule has 7 heteroatoms. The second-order valence-electron chi connectivity index (χ2n) is 4.29. The van der Waals surface area contributed by atoms with Crippen LogP contribution in [0, 0.1) is 0 Å². The maximum atomic E-state index is 11.9. The van der Waals surface area contributed by atoms with Gasteiger partial charge < -0.3 is 10.6 Å². The molecule has 1 unspecified atom stereocenters. The molecule has 2 N–H and O–H groups in total. The lowest BCUT2D eigenvalue weighted by Crippen LogP contribution is -2.45. The molecule has 1 heterocycles. The predicted octanol–water partition coefficient (Wildman–Crippen LogP) is 2.28. The summed E-state index contributed by atoms with van der Waals surface area (Å²) in [4.78, 5) is 11.7. The Morgan fingerprint density at radius 1 is 1.28 bits per heavy atom. The van der Waals surface area contributed by atoms with Crippen LogP contribution in [0.3, 0.4) is 0 Å². The summed E-state index contributed by atoms with van der Waals surface area (Å²) in [7, 11) is 0. The third-order valence-corrected chi connectivity index (χ3v) is 3.53. The third-order valence-electron chi connectivity index (χ3n) is 2.79. The van der Waals surface area contributed by atoms with Crippen molar-refractivity contribution in [3.63, 3.8) is 0 Å². The van der Waals surface area contributed by atoms with E-state index in [1.165, 1.54) is 6.42 Å². The highest BCUT2D eigenvalue weighted by molar-refractivity contribution is 8.00. The lowest BCUT2D eigenvalue weighted by molar-refractivity contribution is -0.123. The highest BCUT2D eigenvalue weighted by Crippen LogP contribution is 2.29. The molecule has 1 aliphatic heterocycles. The van der Waals surface area contributed by atoms with Crippen LogP contribution in [-0.2, 0) is 4.79 Å². The van der Waals surface area contributed by atoms with Crippen LogP contribution in [0.5, 0.6) is 0 Å². The highest BCUT2D eigenvalue weighted by atomic mass is 32.2. The SMILES string of the molecule is O=C(NCCSC(F)(F)F)C1CCCCCCN1. The molecule has 0 aromatic heterocycles. The molecule has 0 aromatic rings. The summed E-state index contributed by atoms with van der Waals surface area (Å²) in [6.45, 7) is 0.858. The average molecular weight is 284 g/mol. The van der Waals surface area contributed by atoms with Gasteiger partial charge in [-0.2, -0.15) is 13.2 Å². The minimum absolute atomic E-state index is 0.0567. The molecular weight excluding hydrogens is 265 g/mol. The molecule has 0 aromatic carbocycles. The minimum atomic E-state index is -4.22. The van der Waals surface area contributed by atoms with Gasteiger partial charge in [-0.1, -0.05) is 19.3 Å². The molecule has 1 saturated heterocycles. The van der Waals surface area contributed by atoms with Crippen LogP contribution in [0.1, 0.15) is 32.1 Å². The van der Waals surface area contributed by atoms with Gasteiger partial charge >= 0.3 is 5.51 Å². The summed E-state index contributed by atoms with van der Waals surface area (Å²) in [6.07, 6.45) is 5.09. The van der Waals surface area contributed by atoms with E-state index in [4.69, 9.17) is 0 Å². The number of rotatable bonds is 4. The molecule has 106 valence electrons. The van der Waals surface area contributed by atoms with Gasteiger partial charge in [0.05, 0.1) is 6.04 Å². The first-order valence-corrected chi connectivity index (χ1v) is 7.19. The molecule has 0 aliphatic carbocycles. The van der Waals surface area contributed by atoms with Crippen molar-refractivity contribution in [3.8, 4) is 0 Å². The van der Waals surface area contributed by atoms with Crippen LogP contribution in [0.2, 0.25) is 0 Å². The number of thioether (sulfide) groups is 1. The topological polar surface area (TPSA) is 41.1 Å². The van der Waals surface area contributed by atoms with Gasteiger partial charge in [0.2, 0.25) is 5.91 Å². The van der Waals surface area contributed by atoms with Crippen molar-refractivity contribution in [2.75, 3.05) is 18.8 Å². The number of amides is 1. The van der Waals surface area contributed by atoms with Gasteiger partial charge in [-0.25, -0.2) is 0 Å². The molecule has 3 nitrogen and oxygen atoms in total. The summed E-state index contributed by atoms with van der Waals surface area (Å²) in [5, 5.41) is 5.69. The van der Waals surface area contributed by atoms with Gasteiger partial charge in [0.25, 0.3) is 0 Å². The molecule has 1 amide bonds. The van der Waals surface area contributed by atoms with Crippen molar-refractivity contribution in [2.45, 2.75) is 43.7 Å². The summed E-state index contributed by atoms with van der Waals surface area (Å²) >= 11 is -0.105. The van der Waals surface area contributed by atoms with Crippen molar-refractivity contribution >= 4 is 17.7 Å². The summed E-state index contributed by atoms with van der Waals surface area (Å²) in [6, 6.07) is -0.249. The normalized spacial score (nSPS) is 22.1. The van der Waals surface area contributed by atoms with Crippen LogP contribution in [0.25, 0.3) is 0 Å². The highest BCUT2D eigenvalue weighted by Gasteiger charge is 2.27. The Morgan fingerprint density at radius 2 is 2.00 bits per heavy atom. The lowest BCUT2D eigenvalue weighted by atomic mass is 10.0. The predicted molar refractivity (Wildman–Crippen MR) is 66.4 cm³/mol. The fourth-order valence-electron chi connectivity index (χ4n) is 1.89. The Hall–Kier alpha value is -0.430. The first kappa shape index (κ1) is 15.6. The average Bonchev–Trinajstić information content (AvgIpc) is 2.22. The van der Waals surface area contributed by atoms with Crippen molar-refractivity contribution in [2.24, 2.45) is 0 Å². The van der Waals surface area contributed by atoms with E-state index in [1.807, 2.05) is 0 Å². The van der Waals surface area contributed by atoms with Gasteiger partial charge in [0.1, 0.15) is 0 Å². The fraction of sp³-hybridized carbons (Fsp3) is 0.909. The molecule has 1 fully saturated rings. The van der Waals surface area contributed by atoms with Crippen molar-refractivity contribution in [3.05, 3.63) is 0 Å². The van der Waals surface area contributed by atoms with Crippen LogP contribution < -0.4 is 10.6 Å². The first-order chi connectivity index (χ1) is 8.49.